The summed E-state index contributed by atoms with van der Waals surface area (Å²) in [7, 11) is 3.73. The minimum Gasteiger partial charge on any atom is -0.377 e. The van der Waals surface area contributed by atoms with E-state index >= 15 is 0 Å². The summed E-state index contributed by atoms with van der Waals surface area (Å²) in [6.07, 6.45) is 10.9. The Bertz CT molecular complexity index is 1120. The van der Waals surface area contributed by atoms with Crippen LogP contribution in [0.3, 0.4) is 0 Å². The van der Waals surface area contributed by atoms with Gasteiger partial charge in [-0.05, 0) is 18.9 Å². The first-order valence-corrected chi connectivity index (χ1v) is 10.6. The number of amides is 1. The number of rotatable bonds is 9. The SMILES string of the molecule is C=C(C=N/C(=C\Cn1cnc(C2CC2)c1)C(=O)Nc1csc(-c2ncn[nH]2)n1)N(C)C. The third kappa shape index (κ3) is 5.31. The summed E-state index contributed by atoms with van der Waals surface area (Å²) < 4.78 is 1.95. The Morgan fingerprint density at radius 2 is 2.29 bits per heavy atom. The fourth-order valence-corrected chi connectivity index (χ4v) is 3.35. The molecule has 0 aromatic carbocycles. The van der Waals surface area contributed by atoms with Crippen LogP contribution in [-0.2, 0) is 11.3 Å². The smallest absolute Gasteiger partial charge is 0.275 e. The van der Waals surface area contributed by atoms with Crippen molar-refractivity contribution < 1.29 is 4.79 Å². The van der Waals surface area contributed by atoms with Gasteiger partial charge in [0.2, 0.25) is 0 Å². The average molecular weight is 438 g/mol. The zero-order valence-electron chi connectivity index (χ0n) is 17.3. The number of nitrogens with zero attached hydrogens (tertiary/aromatic N) is 7. The van der Waals surface area contributed by atoms with E-state index in [-0.39, 0.29) is 11.6 Å². The molecule has 3 aromatic rings. The normalized spacial score (nSPS) is 14.2. The van der Waals surface area contributed by atoms with E-state index in [9.17, 15) is 4.79 Å². The van der Waals surface area contributed by atoms with Gasteiger partial charge in [-0.3, -0.25) is 9.89 Å². The fraction of sp³-hybridized carbons (Fsp3) is 0.300. The van der Waals surface area contributed by atoms with Crippen molar-refractivity contribution in [2.45, 2.75) is 25.3 Å². The maximum atomic E-state index is 12.9. The van der Waals surface area contributed by atoms with Gasteiger partial charge in [-0.15, -0.1) is 11.3 Å². The number of H-pyrrole nitrogens is 1. The standard InChI is InChI=1S/C20H23N9OS/c1-13(28(2)3)8-21-15(6-7-29-9-16(23-12-29)14-4-5-14)19(30)25-17-10-31-20(26-17)18-22-11-24-27-18/h6,8-12,14H,1,4-5,7H2,2-3H3,(H,25,30)(H,22,24,27)/b15-6-,21-8?. The number of hydrogen-bond donors (Lipinski definition) is 2. The molecule has 160 valence electrons. The summed E-state index contributed by atoms with van der Waals surface area (Å²) in [6, 6.07) is 0. The second kappa shape index (κ2) is 9.04. The second-order valence-electron chi connectivity index (χ2n) is 7.33. The third-order valence-electron chi connectivity index (χ3n) is 4.67. The van der Waals surface area contributed by atoms with Gasteiger partial charge in [-0.2, -0.15) is 5.10 Å². The number of nitrogens with one attached hydrogen (secondary N) is 2. The van der Waals surface area contributed by atoms with Crippen LogP contribution in [0.5, 0.6) is 0 Å². The number of imidazole rings is 1. The summed E-state index contributed by atoms with van der Waals surface area (Å²) in [5, 5.41) is 11.7. The number of allylic oxidation sites excluding steroid dienone is 2. The van der Waals surface area contributed by atoms with Crippen LogP contribution >= 0.6 is 11.3 Å². The molecular weight excluding hydrogens is 414 g/mol. The molecule has 0 radical (unpaired) electrons. The van der Waals surface area contributed by atoms with E-state index in [1.807, 2.05) is 29.8 Å². The molecule has 1 amide bonds. The van der Waals surface area contributed by atoms with E-state index in [4.69, 9.17) is 0 Å². The van der Waals surface area contributed by atoms with Gasteiger partial charge < -0.3 is 14.8 Å². The zero-order valence-corrected chi connectivity index (χ0v) is 18.1. The van der Waals surface area contributed by atoms with Crippen molar-refractivity contribution in [1.82, 2.24) is 34.6 Å². The van der Waals surface area contributed by atoms with Crippen molar-refractivity contribution in [1.29, 1.82) is 0 Å². The van der Waals surface area contributed by atoms with E-state index < -0.39 is 0 Å². The number of anilines is 1. The molecule has 3 aromatic heterocycles. The first kappa shape index (κ1) is 20.7. The second-order valence-corrected chi connectivity index (χ2v) is 8.19. The number of aromatic nitrogens is 6. The van der Waals surface area contributed by atoms with Crippen molar-refractivity contribution in [2.75, 3.05) is 19.4 Å². The molecule has 10 nitrogen and oxygen atoms in total. The molecular formula is C20H23N9OS. The lowest BCUT2D eigenvalue weighted by Gasteiger charge is -2.11. The van der Waals surface area contributed by atoms with Gasteiger partial charge >= 0.3 is 0 Å². The van der Waals surface area contributed by atoms with E-state index in [1.54, 1.807) is 24.0 Å². The van der Waals surface area contributed by atoms with Crippen molar-refractivity contribution >= 4 is 29.3 Å². The lowest BCUT2D eigenvalue weighted by Crippen LogP contribution is -2.16. The molecule has 4 rings (SSSR count). The first-order valence-electron chi connectivity index (χ1n) is 9.74. The quantitative estimate of drug-likeness (QED) is 0.393. The highest BCUT2D eigenvalue weighted by molar-refractivity contribution is 7.13. The van der Waals surface area contributed by atoms with Gasteiger partial charge in [-0.1, -0.05) is 6.58 Å². The lowest BCUT2D eigenvalue weighted by atomic mass is 10.3. The number of carbonyl (C=O) groups excluding carboxylic acids is 1. The van der Waals surface area contributed by atoms with Crippen LogP contribution in [0.25, 0.3) is 10.8 Å². The number of hydrogen-bond acceptors (Lipinski definition) is 8. The molecule has 1 aliphatic rings. The molecule has 0 atom stereocenters. The molecule has 3 heterocycles. The molecule has 0 spiro atoms. The number of carbonyl (C=O) groups is 1. The Kier molecular flexibility index (Phi) is 6.03. The Labute approximate surface area is 183 Å². The molecule has 1 fully saturated rings. The monoisotopic (exact) mass is 437 g/mol. The van der Waals surface area contributed by atoms with Crippen LogP contribution in [-0.4, -0.2) is 60.8 Å². The van der Waals surface area contributed by atoms with E-state index in [0.29, 0.717) is 34.8 Å². The van der Waals surface area contributed by atoms with E-state index in [1.165, 1.54) is 30.5 Å². The highest BCUT2D eigenvalue weighted by Gasteiger charge is 2.25. The van der Waals surface area contributed by atoms with Crippen LogP contribution in [0.15, 0.2) is 53.3 Å². The molecule has 1 saturated carbocycles. The number of aliphatic imine (C=N–C) groups is 1. The van der Waals surface area contributed by atoms with E-state index in [2.05, 4.69) is 42.0 Å². The Morgan fingerprint density at radius 3 is 3.00 bits per heavy atom. The largest absolute Gasteiger partial charge is 0.377 e. The van der Waals surface area contributed by atoms with Gasteiger partial charge in [0.1, 0.15) is 17.8 Å². The molecule has 0 bridgehead atoms. The van der Waals surface area contributed by atoms with Gasteiger partial charge in [0.25, 0.3) is 5.91 Å². The van der Waals surface area contributed by atoms with Gasteiger partial charge in [0, 0.05) is 43.8 Å². The highest BCUT2D eigenvalue weighted by atomic mass is 32.1. The lowest BCUT2D eigenvalue weighted by molar-refractivity contribution is -0.112. The molecule has 0 saturated heterocycles. The average Bonchev–Trinajstić information content (AvgIpc) is 3.16. The Morgan fingerprint density at radius 1 is 1.45 bits per heavy atom. The summed E-state index contributed by atoms with van der Waals surface area (Å²) in [5.74, 6) is 1.19. The predicted octanol–water partition coefficient (Wildman–Crippen LogP) is 2.67. The minimum atomic E-state index is -0.361. The van der Waals surface area contributed by atoms with Crippen molar-refractivity contribution in [2.24, 2.45) is 4.99 Å². The maximum Gasteiger partial charge on any atom is 0.275 e. The van der Waals surface area contributed by atoms with Crippen LogP contribution in [0.1, 0.15) is 24.5 Å². The summed E-state index contributed by atoms with van der Waals surface area (Å²) in [5.41, 5.74) is 2.05. The molecule has 0 unspecified atom stereocenters. The van der Waals surface area contributed by atoms with Gasteiger partial charge in [0.05, 0.1) is 18.2 Å². The van der Waals surface area contributed by atoms with Crippen LogP contribution in [0.4, 0.5) is 5.82 Å². The van der Waals surface area contributed by atoms with Crippen LogP contribution < -0.4 is 5.32 Å². The fourth-order valence-electron chi connectivity index (χ4n) is 2.65. The molecule has 2 N–H and O–H groups in total. The van der Waals surface area contributed by atoms with Gasteiger partial charge in [0.15, 0.2) is 10.8 Å². The molecule has 1 aliphatic carbocycles. The third-order valence-corrected chi connectivity index (χ3v) is 5.52. The number of thiazole rings is 1. The van der Waals surface area contributed by atoms with Crippen molar-refractivity contribution in [3.8, 4) is 10.8 Å². The number of aromatic amines is 1. The van der Waals surface area contributed by atoms with Crippen molar-refractivity contribution in [3.63, 3.8) is 0 Å². The summed E-state index contributed by atoms with van der Waals surface area (Å²) in [6.45, 7) is 4.41. The van der Waals surface area contributed by atoms with Crippen molar-refractivity contribution in [3.05, 3.63) is 54.0 Å². The Hall–Kier alpha value is -3.60. The van der Waals surface area contributed by atoms with E-state index in [0.717, 1.165) is 5.69 Å². The van der Waals surface area contributed by atoms with Crippen LogP contribution in [0.2, 0.25) is 0 Å². The van der Waals surface area contributed by atoms with Gasteiger partial charge in [-0.25, -0.2) is 19.9 Å². The van der Waals surface area contributed by atoms with Crippen LogP contribution in [0, 0.1) is 0 Å². The zero-order chi connectivity index (χ0) is 21.8. The molecule has 31 heavy (non-hydrogen) atoms. The topological polar surface area (TPSA) is 117 Å². The minimum absolute atomic E-state index is 0.263. The molecule has 0 aliphatic heterocycles. The first-order chi connectivity index (χ1) is 15.0. The molecule has 11 heteroatoms. The highest BCUT2D eigenvalue weighted by Crippen LogP contribution is 2.38. The Balaban J connectivity index is 1.49. The maximum absolute atomic E-state index is 12.9. The summed E-state index contributed by atoms with van der Waals surface area (Å²) in [4.78, 5) is 32.0. The predicted molar refractivity (Wildman–Crippen MR) is 120 cm³/mol. The summed E-state index contributed by atoms with van der Waals surface area (Å²) >= 11 is 1.35.